The Kier molecular flexibility index (Phi) is 4.02. The lowest BCUT2D eigenvalue weighted by molar-refractivity contribution is -0.139. The Labute approximate surface area is 120 Å². The molecule has 0 N–H and O–H groups in total. The van der Waals surface area contributed by atoms with Crippen LogP contribution in [-0.4, -0.2) is 54.7 Å². The van der Waals surface area contributed by atoms with Gasteiger partial charge in [0.2, 0.25) is 0 Å². The lowest BCUT2D eigenvalue weighted by Gasteiger charge is -2.45. The zero-order chi connectivity index (χ0) is 13.9. The molecule has 4 heteroatoms. The second kappa shape index (κ2) is 5.92. The van der Waals surface area contributed by atoms with Gasteiger partial charge in [0.15, 0.2) is 0 Å². The van der Waals surface area contributed by atoms with E-state index in [1.165, 1.54) is 5.56 Å². The maximum Gasteiger partial charge on any atom is 0.0991 e. The van der Waals surface area contributed by atoms with Gasteiger partial charge in [-0.2, -0.15) is 5.26 Å². The molecule has 0 aromatic heterocycles. The van der Waals surface area contributed by atoms with Crippen molar-refractivity contribution in [2.24, 2.45) is 0 Å². The summed E-state index contributed by atoms with van der Waals surface area (Å²) in [5.74, 6) is 0. The third kappa shape index (κ3) is 3.01. The SMILES string of the molecule is CCN1CC2CN(Cc3ccc(C#N)cc3)CC(C1)O2. The number of hydrogen-bond donors (Lipinski definition) is 0. The van der Waals surface area contributed by atoms with E-state index >= 15 is 0 Å². The third-order valence-electron chi connectivity index (χ3n) is 4.17. The van der Waals surface area contributed by atoms with E-state index in [2.05, 4.69) is 34.9 Å². The van der Waals surface area contributed by atoms with Gasteiger partial charge in [-0.25, -0.2) is 0 Å². The fourth-order valence-electron chi connectivity index (χ4n) is 3.19. The number of nitrogens with zero attached hydrogens (tertiary/aromatic N) is 3. The largest absolute Gasteiger partial charge is 0.370 e. The lowest BCUT2D eigenvalue weighted by atomic mass is 10.1. The molecule has 0 spiro atoms. The van der Waals surface area contributed by atoms with Gasteiger partial charge in [0, 0.05) is 32.7 Å². The van der Waals surface area contributed by atoms with E-state index in [9.17, 15) is 0 Å². The molecule has 0 radical (unpaired) electrons. The molecular weight excluding hydrogens is 250 g/mol. The van der Waals surface area contributed by atoms with Crippen LogP contribution in [0.15, 0.2) is 24.3 Å². The van der Waals surface area contributed by atoms with Gasteiger partial charge >= 0.3 is 0 Å². The van der Waals surface area contributed by atoms with Crippen LogP contribution < -0.4 is 0 Å². The summed E-state index contributed by atoms with van der Waals surface area (Å²) in [4.78, 5) is 4.96. The minimum absolute atomic E-state index is 0.348. The first-order chi connectivity index (χ1) is 9.76. The summed E-state index contributed by atoms with van der Waals surface area (Å²) in [6.45, 7) is 8.41. The second-order valence-electron chi connectivity index (χ2n) is 5.74. The summed E-state index contributed by atoms with van der Waals surface area (Å²) in [5, 5.41) is 8.83. The molecule has 3 rings (SSSR count). The van der Waals surface area contributed by atoms with Gasteiger partial charge in [-0.15, -0.1) is 0 Å². The van der Waals surface area contributed by atoms with Crippen molar-refractivity contribution in [3.8, 4) is 6.07 Å². The zero-order valence-corrected chi connectivity index (χ0v) is 12.0. The van der Waals surface area contributed by atoms with E-state index < -0.39 is 0 Å². The van der Waals surface area contributed by atoms with Crippen LogP contribution in [0, 0.1) is 11.3 Å². The molecule has 106 valence electrons. The molecule has 2 saturated heterocycles. The van der Waals surface area contributed by atoms with Crippen LogP contribution in [0.5, 0.6) is 0 Å². The summed E-state index contributed by atoms with van der Waals surface area (Å²) in [6.07, 6.45) is 0.696. The van der Waals surface area contributed by atoms with Crippen LogP contribution in [-0.2, 0) is 11.3 Å². The predicted molar refractivity (Wildman–Crippen MR) is 77.2 cm³/mol. The number of benzene rings is 1. The summed E-state index contributed by atoms with van der Waals surface area (Å²) >= 11 is 0. The summed E-state index contributed by atoms with van der Waals surface area (Å²) in [6, 6.07) is 10.1. The number of morpholine rings is 2. The van der Waals surface area contributed by atoms with Gasteiger partial charge in [-0.05, 0) is 24.2 Å². The fourth-order valence-corrected chi connectivity index (χ4v) is 3.19. The van der Waals surface area contributed by atoms with Crippen molar-refractivity contribution in [2.75, 3.05) is 32.7 Å². The molecule has 2 atom stereocenters. The number of hydrogen-bond acceptors (Lipinski definition) is 4. The maximum absolute atomic E-state index is 8.83. The predicted octanol–water partition coefficient (Wildman–Crippen LogP) is 1.46. The van der Waals surface area contributed by atoms with Crippen molar-refractivity contribution in [3.63, 3.8) is 0 Å². The number of ether oxygens (including phenoxy) is 1. The van der Waals surface area contributed by atoms with Crippen molar-refractivity contribution in [2.45, 2.75) is 25.7 Å². The Morgan fingerprint density at radius 2 is 1.70 bits per heavy atom. The lowest BCUT2D eigenvalue weighted by Crippen LogP contribution is -2.59. The van der Waals surface area contributed by atoms with E-state index in [1.54, 1.807) is 0 Å². The molecule has 0 aliphatic carbocycles. The molecule has 4 nitrogen and oxygen atoms in total. The van der Waals surface area contributed by atoms with Crippen LogP contribution in [0.1, 0.15) is 18.1 Å². The normalized spacial score (nSPS) is 27.2. The smallest absolute Gasteiger partial charge is 0.0991 e. The van der Waals surface area contributed by atoms with Crippen LogP contribution in [0.4, 0.5) is 0 Å². The highest BCUT2D eigenvalue weighted by molar-refractivity contribution is 5.31. The van der Waals surface area contributed by atoms with E-state index in [4.69, 9.17) is 10.00 Å². The molecule has 2 bridgehead atoms. The first kappa shape index (κ1) is 13.6. The van der Waals surface area contributed by atoms with E-state index in [0.717, 1.165) is 44.8 Å². The van der Waals surface area contributed by atoms with Crippen molar-refractivity contribution in [1.29, 1.82) is 5.26 Å². The third-order valence-corrected chi connectivity index (χ3v) is 4.17. The van der Waals surface area contributed by atoms with Crippen molar-refractivity contribution in [1.82, 2.24) is 9.80 Å². The Morgan fingerprint density at radius 3 is 2.25 bits per heavy atom. The monoisotopic (exact) mass is 271 g/mol. The Bertz CT molecular complexity index is 479. The van der Waals surface area contributed by atoms with E-state index in [-0.39, 0.29) is 0 Å². The minimum atomic E-state index is 0.348. The van der Waals surface area contributed by atoms with Gasteiger partial charge in [0.1, 0.15) is 0 Å². The first-order valence-corrected chi connectivity index (χ1v) is 7.36. The number of rotatable bonds is 3. The quantitative estimate of drug-likeness (QED) is 0.834. The molecule has 1 aromatic rings. The van der Waals surface area contributed by atoms with Crippen LogP contribution in [0.2, 0.25) is 0 Å². The first-order valence-electron chi connectivity index (χ1n) is 7.36. The summed E-state index contributed by atoms with van der Waals surface area (Å²) in [5.41, 5.74) is 2.00. The average molecular weight is 271 g/mol. The minimum Gasteiger partial charge on any atom is -0.370 e. The second-order valence-corrected chi connectivity index (χ2v) is 5.74. The maximum atomic E-state index is 8.83. The van der Waals surface area contributed by atoms with Crippen LogP contribution in [0.3, 0.4) is 0 Å². The standard InChI is InChI=1S/C16H21N3O/c1-2-18-9-15-11-19(12-16(10-18)20-15)8-14-5-3-13(7-17)4-6-14/h3-6,15-16H,2,8-12H2,1H3. The van der Waals surface area contributed by atoms with Gasteiger partial charge in [0.05, 0.1) is 23.8 Å². The Balaban J connectivity index is 1.60. The molecule has 0 amide bonds. The Hall–Kier alpha value is -1.41. The highest BCUT2D eigenvalue weighted by atomic mass is 16.5. The highest BCUT2D eigenvalue weighted by Crippen LogP contribution is 2.20. The highest BCUT2D eigenvalue weighted by Gasteiger charge is 2.34. The number of likely N-dealkylation sites (N-methyl/N-ethyl adjacent to an activating group) is 1. The summed E-state index contributed by atoms with van der Waals surface area (Å²) in [7, 11) is 0. The Morgan fingerprint density at radius 1 is 1.10 bits per heavy atom. The molecule has 2 unspecified atom stereocenters. The number of fused-ring (bicyclic) bond motifs is 2. The average Bonchev–Trinajstić information content (AvgIpc) is 2.47. The summed E-state index contributed by atoms with van der Waals surface area (Å²) < 4.78 is 6.03. The van der Waals surface area contributed by atoms with Crippen LogP contribution >= 0.6 is 0 Å². The van der Waals surface area contributed by atoms with Crippen LogP contribution in [0.25, 0.3) is 0 Å². The molecule has 0 saturated carbocycles. The fraction of sp³-hybridized carbons (Fsp3) is 0.562. The molecule has 2 aliphatic rings. The molecule has 1 aromatic carbocycles. The topological polar surface area (TPSA) is 39.5 Å². The molecule has 20 heavy (non-hydrogen) atoms. The molecule has 2 fully saturated rings. The van der Waals surface area contributed by atoms with Crippen molar-refractivity contribution < 1.29 is 4.74 Å². The van der Waals surface area contributed by atoms with E-state index in [0.29, 0.717) is 12.2 Å². The molecule has 2 heterocycles. The van der Waals surface area contributed by atoms with Gasteiger partial charge in [0.25, 0.3) is 0 Å². The zero-order valence-electron chi connectivity index (χ0n) is 12.0. The van der Waals surface area contributed by atoms with Gasteiger partial charge < -0.3 is 4.74 Å². The van der Waals surface area contributed by atoms with Gasteiger partial charge in [-0.3, -0.25) is 9.80 Å². The number of nitriles is 1. The van der Waals surface area contributed by atoms with Crippen molar-refractivity contribution in [3.05, 3.63) is 35.4 Å². The molecular formula is C16H21N3O. The van der Waals surface area contributed by atoms with E-state index in [1.807, 2.05) is 12.1 Å². The van der Waals surface area contributed by atoms with Gasteiger partial charge in [-0.1, -0.05) is 19.1 Å². The van der Waals surface area contributed by atoms with Crippen molar-refractivity contribution >= 4 is 0 Å². The molecule has 2 aliphatic heterocycles.